The number of carbonyl (C=O) groups excluding carboxylic acids is 1. The van der Waals surface area contributed by atoms with Crippen LogP contribution in [0.5, 0.6) is 5.75 Å². The van der Waals surface area contributed by atoms with Crippen molar-refractivity contribution in [2.45, 2.75) is 51.8 Å². The highest BCUT2D eigenvalue weighted by Gasteiger charge is 2.31. The van der Waals surface area contributed by atoms with Gasteiger partial charge in [-0.05, 0) is 62.4 Å². The van der Waals surface area contributed by atoms with Gasteiger partial charge in [0.25, 0.3) is 5.91 Å². The maximum Gasteiger partial charge on any atom is 0.387 e. The van der Waals surface area contributed by atoms with E-state index in [0.29, 0.717) is 5.57 Å². The molecule has 3 nitrogen and oxygen atoms in total. The summed E-state index contributed by atoms with van der Waals surface area (Å²) in [6, 6.07) is 16.2. The molecule has 1 heterocycles. The lowest BCUT2D eigenvalue weighted by molar-refractivity contribution is -0.130. The highest BCUT2D eigenvalue weighted by Crippen LogP contribution is 2.29. The Balaban J connectivity index is 1.95. The molecule has 1 saturated heterocycles. The van der Waals surface area contributed by atoms with Crippen LogP contribution < -0.4 is 4.74 Å². The van der Waals surface area contributed by atoms with Crippen molar-refractivity contribution < 1.29 is 18.3 Å². The first-order chi connectivity index (χ1) is 13.5. The van der Waals surface area contributed by atoms with E-state index in [1.165, 1.54) is 12.1 Å². The predicted molar refractivity (Wildman–Crippen MR) is 107 cm³/mol. The average molecular weight is 385 g/mol. The number of hydrogen-bond donors (Lipinski definition) is 0. The molecule has 3 rings (SSSR count). The lowest BCUT2D eigenvalue weighted by atomic mass is 9.94. The first-order valence-electron chi connectivity index (χ1n) is 9.60. The summed E-state index contributed by atoms with van der Waals surface area (Å²) in [7, 11) is 0. The van der Waals surface area contributed by atoms with Crippen molar-refractivity contribution in [3.05, 3.63) is 65.7 Å². The lowest BCUT2D eigenvalue weighted by Gasteiger charge is -2.39. The minimum Gasteiger partial charge on any atom is -0.435 e. The molecule has 0 saturated carbocycles. The van der Waals surface area contributed by atoms with Crippen molar-refractivity contribution in [1.82, 2.24) is 4.90 Å². The zero-order valence-electron chi connectivity index (χ0n) is 16.1. The van der Waals surface area contributed by atoms with Gasteiger partial charge in [-0.15, -0.1) is 0 Å². The molecule has 0 N–H and O–H groups in total. The van der Waals surface area contributed by atoms with Crippen molar-refractivity contribution in [2.24, 2.45) is 0 Å². The van der Waals surface area contributed by atoms with Crippen molar-refractivity contribution in [3.63, 3.8) is 0 Å². The van der Waals surface area contributed by atoms with Gasteiger partial charge in [-0.1, -0.05) is 42.5 Å². The first-order valence-corrected chi connectivity index (χ1v) is 9.60. The molecule has 2 aromatic rings. The maximum atomic E-state index is 13.5. The number of halogens is 2. The minimum atomic E-state index is -2.86. The van der Waals surface area contributed by atoms with E-state index in [2.05, 4.69) is 18.6 Å². The largest absolute Gasteiger partial charge is 0.435 e. The molecule has 2 unspecified atom stereocenters. The molecule has 0 aromatic heterocycles. The van der Waals surface area contributed by atoms with Crippen LogP contribution in [0.3, 0.4) is 0 Å². The van der Waals surface area contributed by atoms with Gasteiger partial charge in [0, 0.05) is 17.7 Å². The van der Waals surface area contributed by atoms with E-state index in [9.17, 15) is 13.6 Å². The number of amides is 1. The average Bonchev–Trinajstić information content (AvgIpc) is 2.67. The van der Waals surface area contributed by atoms with Crippen molar-refractivity contribution in [3.8, 4) is 5.75 Å². The molecule has 0 bridgehead atoms. The molecule has 1 amide bonds. The SMILES string of the molecule is CC1CCCC(C)N1C(=O)/C(=C/c1ccc(OC(F)F)cc1)c1ccccc1. The number of hydrogen-bond acceptors (Lipinski definition) is 2. The molecule has 2 aromatic carbocycles. The van der Waals surface area contributed by atoms with E-state index < -0.39 is 6.61 Å². The summed E-state index contributed by atoms with van der Waals surface area (Å²) in [5, 5.41) is 0. The van der Waals surface area contributed by atoms with Crippen LogP contribution in [0.2, 0.25) is 0 Å². The second-order valence-corrected chi connectivity index (χ2v) is 7.21. The number of alkyl halides is 2. The highest BCUT2D eigenvalue weighted by atomic mass is 19.3. The molecule has 1 aliphatic rings. The molecule has 28 heavy (non-hydrogen) atoms. The monoisotopic (exact) mass is 385 g/mol. The second-order valence-electron chi connectivity index (χ2n) is 7.21. The minimum absolute atomic E-state index is 0.00110. The molecule has 1 aliphatic heterocycles. The molecule has 2 atom stereocenters. The van der Waals surface area contributed by atoms with Gasteiger partial charge in [-0.3, -0.25) is 4.79 Å². The number of rotatable bonds is 5. The number of carbonyl (C=O) groups is 1. The topological polar surface area (TPSA) is 29.5 Å². The fraction of sp³-hybridized carbons (Fsp3) is 0.348. The summed E-state index contributed by atoms with van der Waals surface area (Å²) in [6.45, 7) is 1.32. The zero-order chi connectivity index (χ0) is 20.1. The van der Waals surface area contributed by atoms with Gasteiger partial charge in [-0.25, -0.2) is 0 Å². The second kappa shape index (κ2) is 9.00. The third kappa shape index (κ3) is 4.77. The molecule has 5 heteroatoms. The number of ether oxygens (including phenoxy) is 1. The van der Waals surface area contributed by atoms with Crippen LogP contribution >= 0.6 is 0 Å². The third-order valence-corrected chi connectivity index (χ3v) is 5.16. The van der Waals surface area contributed by atoms with E-state index >= 15 is 0 Å². The predicted octanol–water partition coefficient (Wildman–Crippen LogP) is 5.62. The van der Waals surface area contributed by atoms with Gasteiger partial charge in [0.2, 0.25) is 0 Å². The zero-order valence-corrected chi connectivity index (χ0v) is 16.1. The molecular formula is C23H25F2NO2. The van der Waals surface area contributed by atoms with Crippen molar-refractivity contribution in [2.75, 3.05) is 0 Å². The Morgan fingerprint density at radius 3 is 2.21 bits per heavy atom. The van der Waals surface area contributed by atoms with Crippen molar-refractivity contribution >= 4 is 17.6 Å². The Hall–Kier alpha value is -2.69. The van der Waals surface area contributed by atoms with Gasteiger partial charge < -0.3 is 9.64 Å². The quantitative estimate of drug-likeness (QED) is 0.494. The Morgan fingerprint density at radius 1 is 1.04 bits per heavy atom. The van der Waals surface area contributed by atoms with Crippen LogP contribution in [0.4, 0.5) is 8.78 Å². The number of likely N-dealkylation sites (tertiary alicyclic amines) is 1. The Bertz CT molecular complexity index is 808. The fourth-order valence-corrected chi connectivity index (χ4v) is 3.76. The summed E-state index contributed by atoms with van der Waals surface area (Å²) >= 11 is 0. The number of benzene rings is 2. The summed E-state index contributed by atoms with van der Waals surface area (Å²) < 4.78 is 29.1. The first kappa shape index (κ1) is 20.1. The van der Waals surface area contributed by atoms with Crippen LogP contribution in [0.1, 0.15) is 44.2 Å². The number of nitrogens with zero attached hydrogens (tertiary/aromatic N) is 1. The van der Waals surface area contributed by atoms with E-state index in [4.69, 9.17) is 0 Å². The number of piperidine rings is 1. The van der Waals surface area contributed by atoms with Gasteiger partial charge in [0.05, 0.1) is 0 Å². The molecule has 0 spiro atoms. The van der Waals surface area contributed by atoms with Crippen LogP contribution in [0, 0.1) is 0 Å². The molecule has 1 fully saturated rings. The fourth-order valence-electron chi connectivity index (χ4n) is 3.76. The van der Waals surface area contributed by atoms with Gasteiger partial charge in [0.15, 0.2) is 0 Å². The van der Waals surface area contributed by atoms with Crippen LogP contribution in [0.25, 0.3) is 11.6 Å². The maximum absolute atomic E-state index is 13.5. The summed E-state index contributed by atoms with van der Waals surface area (Å²) in [6.07, 6.45) is 4.94. The normalized spacial score (nSPS) is 20.3. The summed E-state index contributed by atoms with van der Waals surface area (Å²) in [5.74, 6) is 0.0943. The van der Waals surface area contributed by atoms with E-state index in [-0.39, 0.29) is 23.7 Å². The van der Waals surface area contributed by atoms with E-state index in [0.717, 1.165) is 30.4 Å². The Morgan fingerprint density at radius 2 is 1.64 bits per heavy atom. The highest BCUT2D eigenvalue weighted by molar-refractivity contribution is 6.24. The van der Waals surface area contributed by atoms with Crippen LogP contribution in [-0.4, -0.2) is 29.5 Å². The van der Waals surface area contributed by atoms with Crippen LogP contribution in [-0.2, 0) is 4.79 Å². The standard InChI is InChI=1S/C23H25F2NO2/c1-16-7-6-8-17(2)26(16)22(27)21(19-9-4-3-5-10-19)15-18-11-13-20(14-12-18)28-23(24)25/h3-5,9-17,23H,6-8H2,1-2H3/b21-15+. The summed E-state index contributed by atoms with van der Waals surface area (Å²) in [5.41, 5.74) is 2.19. The van der Waals surface area contributed by atoms with Crippen molar-refractivity contribution in [1.29, 1.82) is 0 Å². The lowest BCUT2D eigenvalue weighted by Crippen LogP contribution is -2.47. The van der Waals surface area contributed by atoms with E-state index in [1.54, 1.807) is 12.1 Å². The van der Waals surface area contributed by atoms with Gasteiger partial charge in [0.1, 0.15) is 5.75 Å². The molecule has 148 valence electrons. The third-order valence-electron chi connectivity index (χ3n) is 5.16. The smallest absolute Gasteiger partial charge is 0.387 e. The Kier molecular flexibility index (Phi) is 6.45. The van der Waals surface area contributed by atoms with Crippen LogP contribution in [0.15, 0.2) is 54.6 Å². The van der Waals surface area contributed by atoms with Gasteiger partial charge >= 0.3 is 6.61 Å². The van der Waals surface area contributed by atoms with Gasteiger partial charge in [-0.2, -0.15) is 8.78 Å². The summed E-state index contributed by atoms with van der Waals surface area (Å²) in [4.78, 5) is 15.4. The van der Waals surface area contributed by atoms with E-state index in [1.807, 2.05) is 41.3 Å². The Labute approximate surface area is 164 Å². The molecule has 0 radical (unpaired) electrons. The molecular weight excluding hydrogens is 360 g/mol. The molecule has 0 aliphatic carbocycles.